The lowest BCUT2D eigenvalue weighted by Crippen LogP contribution is -2.27. The monoisotopic (exact) mass is 231 g/mol. The molecular weight excluding hydrogens is 210 g/mol. The molecule has 92 valence electrons. The van der Waals surface area contributed by atoms with Gasteiger partial charge in [-0.05, 0) is 55.5 Å². The minimum Gasteiger partial charge on any atom is -0.398 e. The van der Waals surface area contributed by atoms with Gasteiger partial charge in [-0.25, -0.2) is 0 Å². The van der Waals surface area contributed by atoms with Gasteiger partial charge >= 0.3 is 0 Å². The van der Waals surface area contributed by atoms with Crippen LogP contribution in [-0.4, -0.2) is 19.3 Å². The Balaban J connectivity index is 2.41. The third kappa shape index (κ3) is 2.50. The zero-order valence-corrected chi connectivity index (χ0v) is 10.4. The fourth-order valence-electron chi connectivity index (χ4n) is 2.60. The second kappa shape index (κ2) is 5.32. The Hall–Kier alpha value is -1.35. The maximum absolute atomic E-state index is 7.55. The Bertz CT molecular complexity index is 406. The highest BCUT2D eigenvalue weighted by molar-refractivity contribution is 5.87. The molecule has 1 aliphatic rings. The van der Waals surface area contributed by atoms with Gasteiger partial charge in [0.2, 0.25) is 0 Å². The summed E-state index contributed by atoms with van der Waals surface area (Å²) in [6.07, 6.45) is 4.70. The summed E-state index contributed by atoms with van der Waals surface area (Å²) in [5, 5.41) is 10.9. The number of benzene rings is 1. The summed E-state index contributed by atoms with van der Waals surface area (Å²) in [6.45, 7) is 4.28. The fraction of sp³-hybridized carbons (Fsp3) is 0.500. The lowest BCUT2D eigenvalue weighted by molar-refractivity contribution is 0.460. The van der Waals surface area contributed by atoms with Crippen LogP contribution in [0, 0.1) is 5.41 Å². The van der Waals surface area contributed by atoms with E-state index in [4.69, 9.17) is 11.1 Å². The van der Waals surface area contributed by atoms with Crippen molar-refractivity contribution in [2.45, 2.75) is 32.1 Å². The van der Waals surface area contributed by atoms with Crippen molar-refractivity contribution in [3.63, 3.8) is 0 Å². The van der Waals surface area contributed by atoms with Crippen molar-refractivity contribution in [3.8, 4) is 0 Å². The molecule has 3 heteroatoms. The molecule has 1 heterocycles. The first kappa shape index (κ1) is 12.1. The van der Waals surface area contributed by atoms with Gasteiger partial charge in [-0.3, -0.25) is 0 Å². The molecule has 17 heavy (non-hydrogen) atoms. The van der Waals surface area contributed by atoms with Crippen LogP contribution in [0.2, 0.25) is 0 Å². The van der Waals surface area contributed by atoms with Crippen LogP contribution in [-0.2, 0) is 6.42 Å². The summed E-state index contributed by atoms with van der Waals surface area (Å²) in [5.74, 6) is 0.557. The van der Waals surface area contributed by atoms with E-state index in [2.05, 4.69) is 18.3 Å². The second-order valence-corrected chi connectivity index (χ2v) is 4.71. The van der Waals surface area contributed by atoms with E-state index >= 15 is 0 Å². The molecule has 0 spiro atoms. The van der Waals surface area contributed by atoms with Crippen molar-refractivity contribution in [2.24, 2.45) is 0 Å². The molecule has 0 atom stereocenters. The van der Waals surface area contributed by atoms with Crippen LogP contribution in [0.3, 0.4) is 0 Å². The Morgan fingerprint density at radius 2 is 2.12 bits per heavy atom. The van der Waals surface area contributed by atoms with Crippen molar-refractivity contribution in [1.29, 1.82) is 5.41 Å². The van der Waals surface area contributed by atoms with Gasteiger partial charge in [0.15, 0.2) is 0 Å². The predicted octanol–water partition coefficient (Wildman–Crippen LogP) is 2.30. The third-order valence-corrected chi connectivity index (χ3v) is 3.64. The smallest absolute Gasteiger partial charge is 0.0408 e. The Morgan fingerprint density at radius 1 is 1.41 bits per heavy atom. The largest absolute Gasteiger partial charge is 0.398 e. The number of nitrogens with one attached hydrogen (secondary N) is 2. The van der Waals surface area contributed by atoms with Crippen molar-refractivity contribution in [1.82, 2.24) is 5.32 Å². The maximum atomic E-state index is 7.55. The number of piperidine rings is 1. The summed E-state index contributed by atoms with van der Waals surface area (Å²) in [6, 6.07) is 4.25. The molecule has 2 rings (SSSR count). The Morgan fingerprint density at radius 3 is 2.71 bits per heavy atom. The van der Waals surface area contributed by atoms with E-state index in [0.717, 1.165) is 43.6 Å². The summed E-state index contributed by atoms with van der Waals surface area (Å²) >= 11 is 0. The van der Waals surface area contributed by atoms with Gasteiger partial charge in [0.05, 0.1) is 0 Å². The van der Waals surface area contributed by atoms with Gasteiger partial charge in [-0.1, -0.05) is 13.0 Å². The standard InChI is InChI=1S/C14H21N3/c1-2-10-7-12(11-3-5-17-6-4-11)13(9-15)14(16)8-10/h7-9,11,15,17H,2-6,16H2,1H3. The summed E-state index contributed by atoms with van der Waals surface area (Å²) < 4.78 is 0. The lowest BCUT2D eigenvalue weighted by Gasteiger charge is -2.25. The van der Waals surface area contributed by atoms with Gasteiger partial charge < -0.3 is 16.5 Å². The molecule has 1 aromatic carbocycles. The molecule has 0 bridgehead atoms. The molecule has 3 nitrogen and oxygen atoms in total. The zero-order valence-electron chi connectivity index (χ0n) is 10.4. The first-order valence-corrected chi connectivity index (χ1v) is 6.39. The van der Waals surface area contributed by atoms with Gasteiger partial charge in [0.25, 0.3) is 0 Å². The van der Waals surface area contributed by atoms with Gasteiger partial charge in [0.1, 0.15) is 0 Å². The van der Waals surface area contributed by atoms with Crippen LogP contribution >= 0.6 is 0 Å². The van der Waals surface area contributed by atoms with E-state index in [0.29, 0.717) is 5.92 Å². The molecule has 4 N–H and O–H groups in total. The number of hydrogen-bond acceptors (Lipinski definition) is 3. The number of nitrogen functional groups attached to an aromatic ring is 1. The van der Waals surface area contributed by atoms with Crippen molar-refractivity contribution < 1.29 is 0 Å². The molecule has 0 amide bonds. The first-order valence-electron chi connectivity index (χ1n) is 6.39. The van der Waals surface area contributed by atoms with Crippen molar-refractivity contribution in [2.75, 3.05) is 18.8 Å². The molecule has 1 saturated heterocycles. The van der Waals surface area contributed by atoms with Crippen LogP contribution in [0.15, 0.2) is 12.1 Å². The van der Waals surface area contributed by atoms with Crippen molar-refractivity contribution >= 4 is 11.9 Å². The topological polar surface area (TPSA) is 61.9 Å². The molecule has 1 aliphatic heterocycles. The zero-order chi connectivity index (χ0) is 12.3. The molecule has 0 radical (unpaired) electrons. The predicted molar refractivity (Wildman–Crippen MR) is 73.0 cm³/mol. The van der Waals surface area contributed by atoms with E-state index < -0.39 is 0 Å². The number of anilines is 1. The quantitative estimate of drug-likeness (QED) is 0.552. The average Bonchev–Trinajstić information content (AvgIpc) is 2.38. The van der Waals surface area contributed by atoms with Crippen LogP contribution in [0.4, 0.5) is 5.69 Å². The highest BCUT2D eigenvalue weighted by Crippen LogP contribution is 2.31. The molecule has 0 unspecified atom stereocenters. The van der Waals surface area contributed by atoms with Gasteiger partial charge in [-0.2, -0.15) is 0 Å². The summed E-state index contributed by atoms with van der Waals surface area (Å²) in [5.41, 5.74) is 10.3. The number of nitrogens with two attached hydrogens (primary N) is 1. The highest BCUT2D eigenvalue weighted by atomic mass is 14.9. The molecule has 1 aromatic rings. The lowest BCUT2D eigenvalue weighted by atomic mass is 9.85. The second-order valence-electron chi connectivity index (χ2n) is 4.71. The van der Waals surface area contributed by atoms with Crippen LogP contribution in [0.5, 0.6) is 0 Å². The SMILES string of the molecule is CCc1cc(N)c(C=N)c(C2CCNCC2)c1. The minimum atomic E-state index is 0.557. The number of hydrogen-bond donors (Lipinski definition) is 3. The van der Waals surface area contributed by atoms with Crippen LogP contribution in [0.1, 0.15) is 42.4 Å². The molecule has 0 aromatic heterocycles. The Labute approximate surface area is 103 Å². The van der Waals surface area contributed by atoms with E-state index in [9.17, 15) is 0 Å². The molecule has 0 aliphatic carbocycles. The van der Waals surface area contributed by atoms with Gasteiger partial charge in [-0.15, -0.1) is 0 Å². The maximum Gasteiger partial charge on any atom is 0.0408 e. The number of rotatable bonds is 3. The van der Waals surface area contributed by atoms with E-state index in [1.54, 1.807) is 0 Å². The van der Waals surface area contributed by atoms with Gasteiger partial charge in [0, 0.05) is 17.5 Å². The van der Waals surface area contributed by atoms with Crippen LogP contribution < -0.4 is 11.1 Å². The number of aryl methyl sites for hydroxylation is 1. The van der Waals surface area contributed by atoms with Crippen molar-refractivity contribution in [3.05, 3.63) is 28.8 Å². The molecule has 1 fully saturated rings. The van der Waals surface area contributed by atoms with E-state index in [1.807, 2.05) is 6.07 Å². The third-order valence-electron chi connectivity index (χ3n) is 3.64. The fourth-order valence-corrected chi connectivity index (χ4v) is 2.60. The first-order chi connectivity index (χ1) is 8.26. The minimum absolute atomic E-state index is 0.557. The average molecular weight is 231 g/mol. The molecule has 0 saturated carbocycles. The normalized spacial score (nSPS) is 17.0. The Kier molecular flexibility index (Phi) is 3.79. The molecular formula is C14H21N3. The highest BCUT2D eigenvalue weighted by Gasteiger charge is 2.19. The van der Waals surface area contributed by atoms with E-state index in [-0.39, 0.29) is 0 Å². The van der Waals surface area contributed by atoms with Crippen LogP contribution in [0.25, 0.3) is 0 Å². The summed E-state index contributed by atoms with van der Waals surface area (Å²) in [7, 11) is 0. The van der Waals surface area contributed by atoms with E-state index in [1.165, 1.54) is 17.3 Å². The summed E-state index contributed by atoms with van der Waals surface area (Å²) in [4.78, 5) is 0.